The number of carbonyl (C=O) groups excluding carboxylic acids is 4. The van der Waals surface area contributed by atoms with E-state index in [0.29, 0.717) is 48.4 Å². The number of hydrogen-bond donors (Lipinski definition) is 2. The Morgan fingerprint density at radius 3 is 2.32 bits per heavy atom. The Labute approximate surface area is 369 Å². The van der Waals surface area contributed by atoms with Gasteiger partial charge in [0, 0.05) is 87.6 Å². The van der Waals surface area contributed by atoms with Crippen LogP contribution in [0.2, 0.25) is 0 Å². The van der Waals surface area contributed by atoms with Crippen molar-refractivity contribution in [3.8, 4) is 17.6 Å². The van der Waals surface area contributed by atoms with Gasteiger partial charge in [-0.3, -0.25) is 29.4 Å². The average molecular weight is 861 g/mol. The smallest absolute Gasteiger partial charge is 0.271 e. The Morgan fingerprint density at radius 2 is 1.68 bits per heavy atom. The molecule has 4 heterocycles. The highest BCUT2D eigenvalue weighted by molar-refractivity contribution is 6.05. The first-order valence-electron chi connectivity index (χ1n) is 22.3. The largest absolute Gasteiger partial charge is 0.490 e. The quantitative estimate of drug-likeness (QED) is 0.205. The molecule has 0 bridgehead atoms. The Hall–Kier alpha value is -5.59. The first-order valence-corrected chi connectivity index (χ1v) is 22.3. The SMILES string of the molecule is COCCN(CC1CCN(c2cnc(C(=O)NC3C(C)(C)C(Oc4cc(C)c(C#N)c(C)c4)C3(C)C)cn2)CC1)C1CC(Oc2ccc3c(c2)C(=O)N(C2CCC(=O)NC2=O)C3)C1. The normalized spacial score (nSPS) is 25.1. The molecule has 3 aromatic rings. The van der Waals surface area contributed by atoms with Crippen LogP contribution >= 0.6 is 0 Å². The van der Waals surface area contributed by atoms with Gasteiger partial charge in [0.25, 0.3) is 11.8 Å². The number of ether oxygens (including phenoxy) is 3. The van der Waals surface area contributed by atoms with Crippen LogP contribution in [-0.2, 0) is 20.9 Å². The summed E-state index contributed by atoms with van der Waals surface area (Å²) in [5, 5.41) is 15.1. The third-order valence-corrected chi connectivity index (χ3v) is 14.3. The Kier molecular flexibility index (Phi) is 12.2. The van der Waals surface area contributed by atoms with Gasteiger partial charge in [-0.1, -0.05) is 33.8 Å². The van der Waals surface area contributed by atoms with Crippen molar-refractivity contribution >= 4 is 29.4 Å². The predicted octanol–water partition coefficient (Wildman–Crippen LogP) is 5.11. The molecule has 3 aliphatic heterocycles. The number of rotatable bonds is 14. The molecule has 2 N–H and O–H groups in total. The minimum atomic E-state index is -0.641. The molecule has 2 aromatic carbocycles. The number of aromatic nitrogens is 2. The minimum Gasteiger partial charge on any atom is -0.490 e. The first-order chi connectivity index (χ1) is 30.1. The fourth-order valence-electron chi connectivity index (χ4n) is 11.0. The number of carbonyl (C=O) groups is 4. The molecular formula is C48H60N8O7. The number of nitrogens with zero attached hydrogens (tertiary/aromatic N) is 6. The lowest BCUT2D eigenvalue weighted by atomic mass is 9.49. The summed E-state index contributed by atoms with van der Waals surface area (Å²) >= 11 is 0. The van der Waals surface area contributed by atoms with Gasteiger partial charge in [0.15, 0.2) is 0 Å². The number of piperidine rings is 2. The average Bonchev–Trinajstić information content (AvgIpc) is 3.56. The lowest BCUT2D eigenvalue weighted by Crippen LogP contribution is -2.74. The lowest BCUT2D eigenvalue weighted by Gasteiger charge is -2.63. The van der Waals surface area contributed by atoms with Crippen LogP contribution < -0.4 is 25.0 Å². The number of fused-ring (bicyclic) bond motifs is 1. The molecule has 0 spiro atoms. The summed E-state index contributed by atoms with van der Waals surface area (Å²) in [6, 6.07) is 11.3. The Morgan fingerprint density at radius 1 is 0.968 bits per heavy atom. The van der Waals surface area contributed by atoms with Crippen LogP contribution in [0.5, 0.6) is 11.5 Å². The number of amides is 4. The number of imide groups is 1. The van der Waals surface area contributed by atoms with Crippen molar-refractivity contribution in [3.05, 3.63) is 76.2 Å². The standard InChI is InChI=1S/C48H60N8O7/c1-28-18-34(19-29(2)37(28)23-49)63-46-47(3,4)45(48(46,5)6)53-42(58)38-24-51-40(25-50-38)54-14-12-30(13-15-54)26-55(16-17-61-7)32-20-35(21-32)62-33-9-8-31-27-56(44(60)36(31)22-33)39-10-11-41(57)52-43(39)59/h8-9,18-19,22,24-25,30,32,35,39,45-46H,10-17,20-21,26-27H2,1-7H3,(H,53,58)(H,52,57,59). The van der Waals surface area contributed by atoms with Gasteiger partial charge in [0.05, 0.1) is 30.6 Å². The van der Waals surface area contributed by atoms with E-state index in [0.717, 1.165) is 80.1 Å². The van der Waals surface area contributed by atoms with Crippen molar-refractivity contribution in [3.63, 3.8) is 0 Å². The molecule has 5 aliphatic rings. The van der Waals surface area contributed by atoms with Crippen molar-refractivity contribution in [1.82, 2.24) is 30.4 Å². The van der Waals surface area contributed by atoms with Crippen molar-refractivity contribution in [2.75, 3.05) is 44.8 Å². The van der Waals surface area contributed by atoms with E-state index >= 15 is 0 Å². The van der Waals surface area contributed by atoms with Crippen molar-refractivity contribution < 1.29 is 33.4 Å². The Balaban J connectivity index is 0.797. The summed E-state index contributed by atoms with van der Waals surface area (Å²) in [5.41, 5.74) is 3.40. The van der Waals surface area contributed by atoms with Crippen molar-refractivity contribution in [2.24, 2.45) is 16.7 Å². The molecule has 1 unspecified atom stereocenters. The zero-order valence-electron chi connectivity index (χ0n) is 37.5. The van der Waals surface area contributed by atoms with Gasteiger partial charge in [-0.15, -0.1) is 0 Å². The highest BCUT2D eigenvalue weighted by Gasteiger charge is 2.64. The monoisotopic (exact) mass is 860 g/mol. The molecule has 4 fully saturated rings. The van der Waals surface area contributed by atoms with Gasteiger partial charge in [0.2, 0.25) is 11.8 Å². The van der Waals surface area contributed by atoms with Gasteiger partial charge in [-0.2, -0.15) is 5.26 Å². The number of hydrogen-bond acceptors (Lipinski definition) is 12. The second kappa shape index (κ2) is 17.5. The summed E-state index contributed by atoms with van der Waals surface area (Å²) in [5.74, 6) is 1.48. The maximum Gasteiger partial charge on any atom is 0.271 e. The number of benzene rings is 2. The van der Waals surface area contributed by atoms with E-state index in [1.54, 1.807) is 30.5 Å². The van der Waals surface area contributed by atoms with Crippen LogP contribution in [-0.4, -0.2) is 114 Å². The molecule has 8 rings (SSSR count). The lowest BCUT2D eigenvalue weighted by molar-refractivity contribution is -0.164. The molecule has 1 aromatic heterocycles. The molecule has 15 heteroatoms. The highest BCUT2D eigenvalue weighted by atomic mass is 16.5. The summed E-state index contributed by atoms with van der Waals surface area (Å²) in [4.78, 5) is 66.5. The molecule has 1 atom stereocenters. The zero-order chi connectivity index (χ0) is 44.8. The molecular weight excluding hydrogens is 801 g/mol. The summed E-state index contributed by atoms with van der Waals surface area (Å²) < 4.78 is 18.4. The molecule has 2 saturated heterocycles. The maximum atomic E-state index is 13.5. The minimum absolute atomic E-state index is 0.0396. The molecule has 63 heavy (non-hydrogen) atoms. The third-order valence-electron chi connectivity index (χ3n) is 14.3. The van der Waals surface area contributed by atoms with Gasteiger partial charge in [0.1, 0.15) is 41.3 Å². The van der Waals surface area contributed by atoms with Crippen LogP contribution in [0.4, 0.5) is 5.82 Å². The van der Waals surface area contributed by atoms with Crippen LogP contribution in [0.1, 0.15) is 109 Å². The van der Waals surface area contributed by atoms with Crippen molar-refractivity contribution in [2.45, 2.75) is 117 Å². The van der Waals surface area contributed by atoms with Crippen LogP contribution in [0.3, 0.4) is 0 Å². The van der Waals surface area contributed by atoms with Gasteiger partial charge in [-0.05, 0) is 80.0 Å². The van der Waals surface area contributed by atoms with E-state index in [4.69, 9.17) is 14.2 Å². The number of anilines is 1. The first kappa shape index (κ1) is 44.0. The van der Waals surface area contributed by atoms with E-state index in [1.807, 2.05) is 38.1 Å². The summed E-state index contributed by atoms with van der Waals surface area (Å²) in [7, 11) is 1.73. The highest BCUT2D eigenvalue weighted by Crippen LogP contribution is 2.55. The Bertz CT molecular complexity index is 2250. The summed E-state index contributed by atoms with van der Waals surface area (Å²) in [6.45, 7) is 16.8. The molecule has 2 saturated carbocycles. The van der Waals surface area contributed by atoms with E-state index < -0.39 is 11.9 Å². The number of aryl methyl sites for hydroxylation is 2. The van der Waals surface area contributed by atoms with Crippen LogP contribution in [0.25, 0.3) is 0 Å². The third kappa shape index (κ3) is 8.72. The van der Waals surface area contributed by atoms with Gasteiger partial charge >= 0.3 is 0 Å². The van der Waals surface area contributed by atoms with E-state index in [-0.39, 0.29) is 58.9 Å². The molecule has 15 nitrogen and oxygen atoms in total. The zero-order valence-corrected chi connectivity index (χ0v) is 37.5. The summed E-state index contributed by atoms with van der Waals surface area (Å²) in [6.07, 6.45) is 7.50. The van der Waals surface area contributed by atoms with Crippen LogP contribution in [0, 0.1) is 41.9 Å². The van der Waals surface area contributed by atoms with E-state index in [9.17, 15) is 24.4 Å². The molecule has 0 radical (unpaired) electrons. The van der Waals surface area contributed by atoms with E-state index in [2.05, 4.69) is 64.2 Å². The van der Waals surface area contributed by atoms with Crippen LogP contribution in [0.15, 0.2) is 42.7 Å². The van der Waals surface area contributed by atoms with Gasteiger partial charge < -0.3 is 29.3 Å². The van der Waals surface area contributed by atoms with Gasteiger partial charge in [-0.25, -0.2) is 9.97 Å². The maximum absolute atomic E-state index is 13.5. The predicted molar refractivity (Wildman–Crippen MR) is 234 cm³/mol. The number of nitriles is 1. The number of methoxy groups -OCH3 is 1. The molecule has 4 amide bonds. The second-order valence-corrected chi connectivity index (χ2v) is 19.4. The molecule has 334 valence electrons. The second-order valence-electron chi connectivity index (χ2n) is 19.4. The fourth-order valence-corrected chi connectivity index (χ4v) is 11.0. The van der Waals surface area contributed by atoms with E-state index in [1.165, 1.54) is 0 Å². The topological polar surface area (TPSA) is 179 Å². The fraction of sp³-hybridized carbons (Fsp3) is 0.562. The molecule has 2 aliphatic carbocycles. The van der Waals surface area contributed by atoms with Crippen molar-refractivity contribution in [1.29, 1.82) is 5.26 Å². The number of nitrogens with one attached hydrogen (secondary N) is 2.